The van der Waals surface area contributed by atoms with Gasteiger partial charge in [0.2, 0.25) is 0 Å². The topological polar surface area (TPSA) is 99.6 Å². The summed E-state index contributed by atoms with van der Waals surface area (Å²) in [7, 11) is 0. The second kappa shape index (κ2) is 4.40. The van der Waals surface area contributed by atoms with Crippen molar-refractivity contribution in [3.05, 3.63) is 34.4 Å². The van der Waals surface area contributed by atoms with Crippen LogP contribution in [0.1, 0.15) is 45.8 Å². The molecule has 0 aromatic carbocycles. The second-order valence-electron chi connectivity index (χ2n) is 5.55. The van der Waals surface area contributed by atoms with E-state index in [2.05, 4.69) is 27.2 Å². The Kier molecular flexibility index (Phi) is 2.81. The standard InChI is InChI=1S/C14H19N5O/c1-6-4-16-13(20)12-11(7(2)8(3)18-12)10(6)9-5-17-14(15)19-9/h5-6,10,18H,4H2,1-3H3,(H,16,20)(H3,15,17,19). The summed E-state index contributed by atoms with van der Waals surface area (Å²) in [5.74, 6) is 0.702. The highest BCUT2D eigenvalue weighted by molar-refractivity contribution is 5.95. The molecule has 2 atom stereocenters. The molecule has 2 aromatic heterocycles. The number of aromatic amines is 2. The molecule has 5 N–H and O–H groups in total. The summed E-state index contributed by atoms with van der Waals surface area (Å²) in [6.07, 6.45) is 1.76. The van der Waals surface area contributed by atoms with Gasteiger partial charge < -0.3 is 21.0 Å². The molecule has 0 fully saturated rings. The van der Waals surface area contributed by atoms with Gasteiger partial charge in [-0.15, -0.1) is 0 Å². The molecule has 6 nitrogen and oxygen atoms in total. The fraction of sp³-hybridized carbons (Fsp3) is 0.429. The number of hydrogen-bond acceptors (Lipinski definition) is 3. The summed E-state index contributed by atoms with van der Waals surface area (Å²) in [4.78, 5) is 22.6. The SMILES string of the molecule is Cc1[nH]c2c(c1C)C(c1cnc(N)[nH]1)C(C)CNC2=O. The van der Waals surface area contributed by atoms with Gasteiger partial charge in [0.25, 0.3) is 5.91 Å². The van der Waals surface area contributed by atoms with Gasteiger partial charge in [0.1, 0.15) is 5.69 Å². The van der Waals surface area contributed by atoms with Crippen LogP contribution in [-0.4, -0.2) is 27.4 Å². The predicted molar refractivity (Wildman–Crippen MR) is 76.6 cm³/mol. The number of nitrogens with one attached hydrogen (secondary N) is 3. The lowest BCUT2D eigenvalue weighted by atomic mass is 9.83. The first-order valence-corrected chi connectivity index (χ1v) is 6.76. The Balaban J connectivity index is 2.21. The summed E-state index contributed by atoms with van der Waals surface area (Å²) in [6, 6.07) is 0. The van der Waals surface area contributed by atoms with Crippen LogP contribution in [0.2, 0.25) is 0 Å². The lowest BCUT2D eigenvalue weighted by molar-refractivity contribution is 0.0948. The minimum absolute atomic E-state index is 0.0435. The molecule has 0 saturated heterocycles. The monoisotopic (exact) mass is 273 g/mol. The molecule has 106 valence electrons. The van der Waals surface area contributed by atoms with Gasteiger partial charge in [-0.1, -0.05) is 6.92 Å². The Hall–Kier alpha value is -2.24. The number of nitrogens with zero attached hydrogens (tertiary/aromatic N) is 1. The van der Waals surface area contributed by atoms with E-state index in [-0.39, 0.29) is 17.7 Å². The molecule has 3 heterocycles. The van der Waals surface area contributed by atoms with E-state index in [1.54, 1.807) is 6.20 Å². The average Bonchev–Trinajstić information content (AvgIpc) is 2.91. The van der Waals surface area contributed by atoms with Crippen molar-refractivity contribution in [1.29, 1.82) is 0 Å². The first-order valence-electron chi connectivity index (χ1n) is 6.76. The van der Waals surface area contributed by atoms with Crippen molar-refractivity contribution < 1.29 is 4.79 Å². The van der Waals surface area contributed by atoms with Gasteiger partial charge in [-0.2, -0.15) is 0 Å². The van der Waals surface area contributed by atoms with Gasteiger partial charge >= 0.3 is 0 Å². The highest BCUT2D eigenvalue weighted by atomic mass is 16.1. The van der Waals surface area contributed by atoms with Crippen LogP contribution in [0, 0.1) is 19.8 Å². The van der Waals surface area contributed by atoms with Crippen molar-refractivity contribution in [3.8, 4) is 0 Å². The molecular formula is C14H19N5O. The Morgan fingerprint density at radius 2 is 2.10 bits per heavy atom. The van der Waals surface area contributed by atoms with E-state index in [1.165, 1.54) is 0 Å². The molecule has 2 aromatic rings. The molecule has 0 bridgehead atoms. The molecule has 0 saturated carbocycles. The second-order valence-corrected chi connectivity index (χ2v) is 5.55. The van der Waals surface area contributed by atoms with Crippen molar-refractivity contribution in [3.63, 3.8) is 0 Å². The molecule has 1 amide bonds. The molecule has 2 unspecified atom stereocenters. The number of anilines is 1. The number of hydrogen-bond donors (Lipinski definition) is 4. The van der Waals surface area contributed by atoms with Crippen molar-refractivity contribution >= 4 is 11.9 Å². The summed E-state index contributed by atoms with van der Waals surface area (Å²) in [5, 5.41) is 2.96. The average molecular weight is 273 g/mol. The molecule has 0 radical (unpaired) electrons. The number of rotatable bonds is 1. The molecule has 0 spiro atoms. The lowest BCUT2D eigenvalue weighted by Crippen LogP contribution is -2.27. The van der Waals surface area contributed by atoms with Crippen LogP contribution in [0.25, 0.3) is 0 Å². The molecule has 0 aliphatic carbocycles. The molecule has 20 heavy (non-hydrogen) atoms. The molecule has 6 heteroatoms. The van der Waals surface area contributed by atoms with Gasteiger partial charge in [0.15, 0.2) is 5.95 Å². The van der Waals surface area contributed by atoms with Gasteiger partial charge in [-0.3, -0.25) is 4.79 Å². The summed E-state index contributed by atoms with van der Waals surface area (Å²) in [6.45, 7) is 6.78. The predicted octanol–water partition coefficient (Wildman–Crippen LogP) is 1.45. The number of amides is 1. The Labute approximate surface area is 117 Å². The maximum atomic E-state index is 12.2. The summed E-state index contributed by atoms with van der Waals surface area (Å²) in [5.41, 5.74) is 10.5. The van der Waals surface area contributed by atoms with Crippen molar-refractivity contribution in [2.24, 2.45) is 5.92 Å². The summed E-state index contributed by atoms with van der Waals surface area (Å²) < 4.78 is 0. The van der Waals surface area contributed by atoms with Gasteiger partial charge in [0, 0.05) is 23.9 Å². The van der Waals surface area contributed by atoms with E-state index in [4.69, 9.17) is 5.73 Å². The van der Waals surface area contributed by atoms with E-state index in [9.17, 15) is 4.79 Å². The zero-order chi connectivity index (χ0) is 14.4. The number of carbonyl (C=O) groups is 1. The molecule has 1 aliphatic heterocycles. The number of nitrogens with two attached hydrogens (primary N) is 1. The Morgan fingerprint density at radius 1 is 1.35 bits per heavy atom. The molecule has 1 aliphatic rings. The third-order valence-corrected chi connectivity index (χ3v) is 4.19. The minimum atomic E-state index is -0.0435. The van der Waals surface area contributed by atoms with Crippen LogP contribution >= 0.6 is 0 Å². The quantitative estimate of drug-likeness (QED) is 0.632. The van der Waals surface area contributed by atoms with E-state index >= 15 is 0 Å². The highest BCUT2D eigenvalue weighted by Gasteiger charge is 2.34. The van der Waals surface area contributed by atoms with E-state index in [0.717, 1.165) is 22.5 Å². The first kappa shape index (κ1) is 12.8. The van der Waals surface area contributed by atoms with Crippen LogP contribution < -0.4 is 11.1 Å². The zero-order valence-corrected chi connectivity index (χ0v) is 11.9. The van der Waals surface area contributed by atoms with Gasteiger partial charge in [-0.05, 0) is 30.9 Å². The maximum Gasteiger partial charge on any atom is 0.268 e. The van der Waals surface area contributed by atoms with Crippen molar-refractivity contribution in [2.45, 2.75) is 26.7 Å². The third-order valence-electron chi connectivity index (χ3n) is 4.19. The number of fused-ring (bicyclic) bond motifs is 1. The number of H-pyrrole nitrogens is 2. The smallest absolute Gasteiger partial charge is 0.268 e. The van der Waals surface area contributed by atoms with Crippen LogP contribution in [-0.2, 0) is 0 Å². The van der Waals surface area contributed by atoms with Crippen LogP contribution in [0.3, 0.4) is 0 Å². The van der Waals surface area contributed by atoms with E-state index < -0.39 is 0 Å². The lowest BCUT2D eigenvalue weighted by Gasteiger charge is -2.21. The number of nitrogen functional groups attached to an aromatic ring is 1. The Bertz CT molecular complexity index is 669. The largest absolute Gasteiger partial charge is 0.369 e. The van der Waals surface area contributed by atoms with Crippen LogP contribution in [0.4, 0.5) is 5.95 Å². The third kappa shape index (κ3) is 1.79. The van der Waals surface area contributed by atoms with Crippen molar-refractivity contribution in [1.82, 2.24) is 20.3 Å². The first-order chi connectivity index (χ1) is 9.49. The van der Waals surface area contributed by atoms with Crippen molar-refractivity contribution in [2.75, 3.05) is 12.3 Å². The Morgan fingerprint density at radius 3 is 2.75 bits per heavy atom. The van der Waals surface area contributed by atoms with E-state index in [0.29, 0.717) is 18.2 Å². The fourth-order valence-electron chi connectivity index (χ4n) is 3.02. The zero-order valence-electron chi connectivity index (χ0n) is 11.9. The normalized spacial score (nSPS) is 22.2. The van der Waals surface area contributed by atoms with Gasteiger partial charge in [-0.25, -0.2) is 4.98 Å². The number of carbonyl (C=O) groups excluding carboxylic acids is 1. The number of imidazole rings is 1. The van der Waals surface area contributed by atoms with E-state index in [1.807, 2.05) is 13.8 Å². The minimum Gasteiger partial charge on any atom is -0.369 e. The van der Waals surface area contributed by atoms with Crippen LogP contribution in [0.15, 0.2) is 6.20 Å². The van der Waals surface area contributed by atoms with Crippen LogP contribution in [0.5, 0.6) is 0 Å². The number of aromatic nitrogens is 3. The highest BCUT2D eigenvalue weighted by Crippen LogP contribution is 2.37. The summed E-state index contributed by atoms with van der Waals surface area (Å²) >= 11 is 0. The molecular weight excluding hydrogens is 254 g/mol. The fourth-order valence-corrected chi connectivity index (χ4v) is 3.02. The maximum absolute atomic E-state index is 12.2. The van der Waals surface area contributed by atoms with Gasteiger partial charge in [0.05, 0.1) is 6.20 Å². The molecule has 3 rings (SSSR count). The number of aryl methyl sites for hydroxylation is 1.